The first-order chi connectivity index (χ1) is 17.9. The molecule has 0 amide bonds. The number of ether oxygens (including phenoxy) is 4. The minimum absolute atomic E-state index is 0.299. The minimum atomic E-state index is 0.299. The largest absolute Gasteiger partial charge is 0.491 e. The zero-order valence-corrected chi connectivity index (χ0v) is 20.6. The van der Waals surface area contributed by atoms with Crippen molar-refractivity contribution in [1.29, 1.82) is 0 Å². The van der Waals surface area contributed by atoms with Gasteiger partial charge in [0.1, 0.15) is 24.7 Å². The lowest BCUT2D eigenvalue weighted by Gasteiger charge is -2.11. The average molecular weight is 483 g/mol. The lowest BCUT2D eigenvalue weighted by atomic mass is 9.98. The molecule has 0 saturated carbocycles. The summed E-state index contributed by atoms with van der Waals surface area (Å²) in [6.07, 6.45) is 25.2. The van der Waals surface area contributed by atoms with Gasteiger partial charge in [-0.3, -0.25) is 0 Å². The zero-order chi connectivity index (χ0) is 24.7. The van der Waals surface area contributed by atoms with Gasteiger partial charge in [0, 0.05) is 11.8 Å². The molecule has 0 unspecified atom stereocenters. The first kappa shape index (κ1) is 25.5. The van der Waals surface area contributed by atoms with E-state index in [1.54, 1.807) is 0 Å². The first-order valence-corrected chi connectivity index (χ1v) is 12.5. The van der Waals surface area contributed by atoms with Gasteiger partial charge in [-0.1, -0.05) is 97.2 Å². The molecule has 4 heteroatoms. The van der Waals surface area contributed by atoms with E-state index in [2.05, 4.69) is 72.9 Å². The Bertz CT molecular complexity index is 966. The summed E-state index contributed by atoms with van der Waals surface area (Å²) < 4.78 is 22.8. The van der Waals surface area contributed by atoms with E-state index in [-0.39, 0.29) is 0 Å². The summed E-state index contributed by atoms with van der Waals surface area (Å²) in [5.41, 5.74) is 2.49. The van der Waals surface area contributed by atoms with Crippen LogP contribution in [-0.2, 0) is 9.47 Å². The second-order valence-corrected chi connectivity index (χ2v) is 8.42. The van der Waals surface area contributed by atoms with Crippen molar-refractivity contribution in [1.82, 2.24) is 0 Å². The lowest BCUT2D eigenvalue weighted by Crippen LogP contribution is -2.13. The summed E-state index contributed by atoms with van der Waals surface area (Å²) in [5, 5.41) is 0. The Kier molecular flexibility index (Phi) is 10.4. The highest BCUT2D eigenvalue weighted by Gasteiger charge is 2.06. The molecular weight excluding hydrogens is 448 g/mol. The molecule has 186 valence electrons. The van der Waals surface area contributed by atoms with Crippen LogP contribution in [0.3, 0.4) is 0 Å². The fraction of sp³-hybridized carbons (Fsp3) is 0.250. The van der Waals surface area contributed by atoms with Gasteiger partial charge in [0.15, 0.2) is 0 Å². The van der Waals surface area contributed by atoms with E-state index in [1.807, 2.05) is 48.6 Å². The van der Waals surface area contributed by atoms with Crippen LogP contribution in [0.2, 0.25) is 0 Å². The van der Waals surface area contributed by atoms with Crippen molar-refractivity contribution in [3.05, 3.63) is 133 Å². The third kappa shape index (κ3) is 8.56. The van der Waals surface area contributed by atoms with Crippen molar-refractivity contribution < 1.29 is 18.9 Å². The Morgan fingerprint density at radius 2 is 0.722 bits per heavy atom. The molecule has 0 heterocycles. The maximum absolute atomic E-state index is 5.78. The molecule has 0 N–H and O–H groups in total. The minimum Gasteiger partial charge on any atom is -0.491 e. The Labute approximate surface area is 214 Å². The van der Waals surface area contributed by atoms with E-state index in [1.165, 1.54) is 11.1 Å². The van der Waals surface area contributed by atoms with Gasteiger partial charge < -0.3 is 18.9 Å². The van der Waals surface area contributed by atoms with Crippen LogP contribution in [0.1, 0.15) is 23.0 Å². The molecular formula is C32H34O4. The summed E-state index contributed by atoms with van der Waals surface area (Å²) >= 11 is 0. The predicted octanol–water partition coefficient (Wildman–Crippen LogP) is 6.71. The SMILES string of the molecule is C1=CC=CC(c2ccc(OCCOCCOCCOc3ccc(C4C=CC=CC=C4)cc3)cc2)C=C1. The summed E-state index contributed by atoms with van der Waals surface area (Å²) in [5.74, 6) is 2.30. The summed E-state index contributed by atoms with van der Waals surface area (Å²) in [7, 11) is 0. The summed E-state index contributed by atoms with van der Waals surface area (Å²) in [6.45, 7) is 3.12. The van der Waals surface area contributed by atoms with Crippen LogP contribution in [0, 0.1) is 0 Å². The highest BCUT2D eigenvalue weighted by molar-refractivity contribution is 5.38. The van der Waals surface area contributed by atoms with E-state index in [4.69, 9.17) is 18.9 Å². The molecule has 0 radical (unpaired) electrons. The molecule has 2 aliphatic carbocycles. The van der Waals surface area contributed by atoms with Gasteiger partial charge >= 0.3 is 0 Å². The number of allylic oxidation sites excluding steroid dienone is 12. The number of benzene rings is 2. The molecule has 0 aliphatic heterocycles. The summed E-state index contributed by atoms with van der Waals surface area (Å²) in [4.78, 5) is 0. The Balaban J connectivity index is 1.01. The molecule has 4 rings (SSSR count). The van der Waals surface area contributed by atoms with Crippen molar-refractivity contribution in [2.24, 2.45) is 0 Å². The quantitative estimate of drug-likeness (QED) is 0.297. The summed E-state index contributed by atoms with van der Waals surface area (Å²) in [6, 6.07) is 16.5. The molecule has 36 heavy (non-hydrogen) atoms. The van der Waals surface area contributed by atoms with Crippen molar-refractivity contribution in [2.45, 2.75) is 11.8 Å². The number of hydrogen-bond donors (Lipinski definition) is 0. The standard InChI is InChI=1S/C32H34O4/c1-2-6-10-27(9-5-1)29-13-17-31(18-14-29)35-25-23-33-21-22-34-24-26-36-32-19-15-30(16-20-32)28-11-7-3-4-8-12-28/h1-20,27-28H,21-26H2. The molecule has 0 bridgehead atoms. The van der Waals surface area contributed by atoms with Gasteiger partial charge in [0.25, 0.3) is 0 Å². The molecule has 0 fully saturated rings. The van der Waals surface area contributed by atoms with Crippen molar-refractivity contribution >= 4 is 0 Å². The second kappa shape index (κ2) is 14.7. The topological polar surface area (TPSA) is 36.9 Å². The van der Waals surface area contributed by atoms with Crippen LogP contribution in [0.15, 0.2) is 121 Å². The molecule has 0 spiro atoms. The van der Waals surface area contributed by atoms with Crippen LogP contribution in [0.25, 0.3) is 0 Å². The highest BCUT2D eigenvalue weighted by Crippen LogP contribution is 2.24. The number of rotatable bonds is 13. The lowest BCUT2D eigenvalue weighted by molar-refractivity contribution is 0.0273. The molecule has 2 aromatic carbocycles. The molecule has 2 aliphatic rings. The van der Waals surface area contributed by atoms with Gasteiger partial charge in [0.05, 0.1) is 26.4 Å². The van der Waals surface area contributed by atoms with Crippen molar-refractivity contribution in [3.63, 3.8) is 0 Å². The number of hydrogen-bond acceptors (Lipinski definition) is 4. The van der Waals surface area contributed by atoms with Crippen LogP contribution in [-0.4, -0.2) is 39.6 Å². The van der Waals surface area contributed by atoms with Gasteiger partial charge in [-0.05, 0) is 35.4 Å². The average Bonchev–Trinajstić information content (AvgIpc) is 3.37. The van der Waals surface area contributed by atoms with Crippen LogP contribution >= 0.6 is 0 Å². The van der Waals surface area contributed by atoms with Crippen LogP contribution < -0.4 is 9.47 Å². The van der Waals surface area contributed by atoms with E-state index < -0.39 is 0 Å². The third-order valence-electron chi connectivity index (χ3n) is 5.84. The normalized spacial score (nSPS) is 15.2. The fourth-order valence-electron chi connectivity index (χ4n) is 3.90. The Morgan fingerprint density at radius 1 is 0.389 bits per heavy atom. The van der Waals surface area contributed by atoms with Crippen LogP contribution in [0.4, 0.5) is 0 Å². The van der Waals surface area contributed by atoms with Gasteiger partial charge in [-0.15, -0.1) is 0 Å². The van der Waals surface area contributed by atoms with Gasteiger partial charge in [0.2, 0.25) is 0 Å². The van der Waals surface area contributed by atoms with Crippen molar-refractivity contribution in [2.75, 3.05) is 39.6 Å². The van der Waals surface area contributed by atoms with Crippen LogP contribution in [0.5, 0.6) is 11.5 Å². The highest BCUT2D eigenvalue weighted by atomic mass is 16.6. The van der Waals surface area contributed by atoms with Gasteiger partial charge in [-0.2, -0.15) is 0 Å². The smallest absolute Gasteiger partial charge is 0.119 e. The first-order valence-electron chi connectivity index (χ1n) is 12.5. The third-order valence-corrected chi connectivity index (χ3v) is 5.84. The molecule has 0 saturated heterocycles. The second-order valence-electron chi connectivity index (χ2n) is 8.42. The van der Waals surface area contributed by atoms with E-state index in [9.17, 15) is 0 Å². The maximum Gasteiger partial charge on any atom is 0.119 e. The Hall–Kier alpha value is -3.60. The monoisotopic (exact) mass is 482 g/mol. The molecule has 4 nitrogen and oxygen atoms in total. The predicted molar refractivity (Wildman–Crippen MR) is 146 cm³/mol. The van der Waals surface area contributed by atoms with E-state index in [0.717, 1.165) is 11.5 Å². The molecule has 2 aromatic rings. The molecule has 0 aromatic heterocycles. The Morgan fingerprint density at radius 3 is 1.08 bits per heavy atom. The van der Waals surface area contributed by atoms with Crippen molar-refractivity contribution in [3.8, 4) is 11.5 Å². The van der Waals surface area contributed by atoms with E-state index in [0.29, 0.717) is 51.5 Å². The zero-order valence-electron chi connectivity index (χ0n) is 20.6. The fourth-order valence-corrected chi connectivity index (χ4v) is 3.90. The maximum atomic E-state index is 5.78. The van der Waals surface area contributed by atoms with E-state index >= 15 is 0 Å². The van der Waals surface area contributed by atoms with Gasteiger partial charge in [-0.25, -0.2) is 0 Å². The molecule has 0 atom stereocenters.